The molecular formula is C14H12ClN5. The van der Waals surface area contributed by atoms with Crippen LogP contribution in [0.25, 0.3) is 11.3 Å². The van der Waals surface area contributed by atoms with E-state index in [0.29, 0.717) is 17.5 Å². The minimum absolute atomic E-state index is 0.388. The third kappa shape index (κ3) is 2.95. The highest BCUT2D eigenvalue weighted by atomic mass is 35.5. The number of H-pyrrole nitrogens is 1. The Balaban J connectivity index is 1.65. The van der Waals surface area contributed by atoms with E-state index in [1.165, 1.54) is 0 Å². The molecule has 20 heavy (non-hydrogen) atoms. The van der Waals surface area contributed by atoms with E-state index < -0.39 is 0 Å². The summed E-state index contributed by atoms with van der Waals surface area (Å²) < 4.78 is 0. The maximum Gasteiger partial charge on any atom is 0.151 e. The highest BCUT2D eigenvalue weighted by molar-refractivity contribution is 6.29. The van der Waals surface area contributed by atoms with Crippen LogP contribution >= 0.6 is 11.6 Å². The molecule has 0 spiro atoms. The number of halogens is 1. The molecular weight excluding hydrogens is 274 g/mol. The smallest absolute Gasteiger partial charge is 0.151 e. The number of hydrogen-bond donors (Lipinski definition) is 2. The minimum atomic E-state index is 0.388. The van der Waals surface area contributed by atoms with Gasteiger partial charge in [0.05, 0.1) is 5.69 Å². The lowest BCUT2D eigenvalue weighted by Crippen LogP contribution is -2.01. The Morgan fingerprint density at radius 3 is 2.50 bits per heavy atom. The van der Waals surface area contributed by atoms with E-state index in [1.54, 1.807) is 18.3 Å². The zero-order valence-corrected chi connectivity index (χ0v) is 11.3. The summed E-state index contributed by atoms with van der Waals surface area (Å²) in [7, 11) is 0. The van der Waals surface area contributed by atoms with Crippen LogP contribution in [0.5, 0.6) is 0 Å². The first kappa shape index (κ1) is 12.6. The zero-order chi connectivity index (χ0) is 13.8. The molecule has 0 bridgehead atoms. The largest absolute Gasteiger partial charge is 0.365 e. The van der Waals surface area contributed by atoms with Crippen LogP contribution < -0.4 is 5.32 Å². The van der Waals surface area contributed by atoms with E-state index in [4.69, 9.17) is 11.6 Å². The monoisotopic (exact) mass is 285 g/mol. The van der Waals surface area contributed by atoms with Gasteiger partial charge < -0.3 is 5.32 Å². The molecule has 2 aromatic heterocycles. The molecule has 0 fully saturated rings. The lowest BCUT2D eigenvalue weighted by molar-refractivity contribution is 1.00. The lowest BCUT2D eigenvalue weighted by Gasteiger charge is -2.05. The van der Waals surface area contributed by atoms with Crippen molar-refractivity contribution in [2.24, 2.45) is 0 Å². The Labute approximate surface area is 121 Å². The van der Waals surface area contributed by atoms with Gasteiger partial charge in [0.15, 0.2) is 5.15 Å². The van der Waals surface area contributed by atoms with Crippen molar-refractivity contribution in [1.29, 1.82) is 0 Å². The summed E-state index contributed by atoms with van der Waals surface area (Å²) in [5, 5.41) is 18.2. The Morgan fingerprint density at radius 1 is 1.00 bits per heavy atom. The van der Waals surface area contributed by atoms with Crippen LogP contribution in [0.15, 0.2) is 48.7 Å². The van der Waals surface area contributed by atoms with E-state index in [2.05, 4.69) is 50.0 Å². The van der Waals surface area contributed by atoms with Crippen molar-refractivity contribution in [3.8, 4) is 11.3 Å². The van der Waals surface area contributed by atoms with Crippen LogP contribution in [0.1, 0.15) is 5.56 Å². The van der Waals surface area contributed by atoms with Crippen LogP contribution in [-0.4, -0.2) is 20.4 Å². The van der Waals surface area contributed by atoms with Crippen molar-refractivity contribution in [3.05, 3.63) is 59.4 Å². The van der Waals surface area contributed by atoms with Crippen molar-refractivity contribution in [1.82, 2.24) is 20.4 Å². The van der Waals surface area contributed by atoms with E-state index >= 15 is 0 Å². The van der Waals surface area contributed by atoms with Gasteiger partial charge >= 0.3 is 0 Å². The number of rotatable bonds is 4. The molecule has 2 N–H and O–H groups in total. The minimum Gasteiger partial charge on any atom is -0.365 e. The molecule has 0 atom stereocenters. The maximum absolute atomic E-state index is 5.69. The molecule has 100 valence electrons. The van der Waals surface area contributed by atoms with Gasteiger partial charge in [-0.25, -0.2) is 0 Å². The van der Waals surface area contributed by atoms with Crippen molar-refractivity contribution in [2.75, 3.05) is 5.32 Å². The Bertz CT molecular complexity index is 662. The fourth-order valence-corrected chi connectivity index (χ4v) is 1.92. The lowest BCUT2D eigenvalue weighted by atomic mass is 10.1. The fourth-order valence-electron chi connectivity index (χ4n) is 1.82. The van der Waals surface area contributed by atoms with E-state index in [-0.39, 0.29) is 0 Å². The first-order valence-electron chi connectivity index (χ1n) is 6.13. The summed E-state index contributed by atoms with van der Waals surface area (Å²) in [6.45, 7) is 0.680. The first-order chi connectivity index (χ1) is 9.81. The summed E-state index contributed by atoms with van der Waals surface area (Å²) in [6.07, 6.45) is 1.74. The van der Waals surface area contributed by atoms with Crippen molar-refractivity contribution in [2.45, 2.75) is 6.54 Å². The SMILES string of the molecule is Clc1ccc(NCc2ccc(-c3ccn[nH]3)cc2)nn1. The van der Waals surface area contributed by atoms with Gasteiger partial charge in [0.25, 0.3) is 0 Å². The van der Waals surface area contributed by atoms with Gasteiger partial charge in [0.1, 0.15) is 5.82 Å². The van der Waals surface area contributed by atoms with Crippen molar-refractivity contribution >= 4 is 17.4 Å². The predicted octanol–water partition coefficient (Wildman–Crippen LogP) is 3.13. The second-order valence-corrected chi connectivity index (χ2v) is 4.65. The quantitative estimate of drug-likeness (QED) is 0.773. The van der Waals surface area contributed by atoms with Gasteiger partial charge in [-0.1, -0.05) is 35.9 Å². The molecule has 0 radical (unpaired) electrons. The third-order valence-electron chi connectivity index (χ3n) is 2.87. The molecule has 0 saturated carbocycles. The number of nitrogens with zero attached hydrogens (tertiary/aromatic N) is 3. The van der Waals surface area contributed by atoms with Gasteiger partial charge in [0.2, 0.25) is 0 Å². The molecule has 6 heteroatoms. The van der Waals surface area contributed by atoms with Crippen LogP contribution in [0.2, 0.25) is 5.15 Å². The van der Waals surface area contributed by atoms with Crippen molar-refractivity contribution < 1.29 is 0 Å². The number of anilines is 1. The van der Waals surface area contributed by atoms with E-state index in [1.807, 2.05) is 6.07 Å². The molecule has 0 saturated heterocycles. The van der Waals surface area contributed by atoms with Gasteiger partial charge in [0, 0.05) is 12.7 Å². The fraction of sp³-hybridized carbons (Fsp3) is 0.0714. The van der Waals surface area contributed by atoms with Crippen molar-refractivity contribution in [3.63, 3.8) is 0 Å². The van der Waals surface area contributed by atoms with Crippen LogP contribution in [0.3, 0.4) is 0 Å². The summed E-state index contributed by atoms with van der Waals surface area (Å²) in [5.41, 5.74) is 3.27. The topological polar surface area (TPSA) is 66.5 Å². The molecule has 3 rings (SSSR count). The molecule has 0 aliphatic carbocycles. The number of nitrogens with one attached hydrogen (secondary N) is 2. The number of hydrogen-bond acceptors (Lipinski definition) is 4. The molecule has 1 aromatic carbocycles. The Kier molecular flexibility index (Phi) is 3.60. The van der Waals surface area contributed by atoms with Gasteiger partial charge in [-0.15, -0.1) is 10.2 Å². The van der Waals surface area contributed by atoms with Gasteiger partial charge in [-0.3, -0.25) is 5.10 Å². The normalized spacial score (nSPS) is 10.4. The molecule has 0 aliphatic heterocycles. The number of benzene rings is 1. The average Bonchev–Trinajstić information content (AvgIpc) is 3.01. The highest BCUT2D eigenvalue weighted by Gasteiger charge is 2.00. The van der Waals surface area contributed by atoms with Gasteiger partial charge in [-0.05, 0) is 29.3 Å². The number of aromatic amines is 1. The zero-order valence-electron chi connectivity index (χ0n) is 10.5. The summed E-state index contributed by atoms with van der Waals surface area (Å²) in [4.78, 5) is 0. The highest BCUT2D eigenvalue weighted by Crippen LogP contribution is 2.17. The van der Waals surface area contributed by atoms with Gasteiger partial charge in [-0.2, -0.15) is 5.10 Å². The third-order valence-corrected chi connectivity index (χ3v) is 3.07. The predicted molar refractivity (Wildman–Crippen MR) is 78.4 cm³/mol. The number of aromatic nitrogens is 4. The summed E-state index contributed by atoms with van der Waals surface area (Å²) in [5.74, 6) is 0.701. The molecule has 2 heterocycles. The van der Waals surface area contributed by atoms with Crippen LogP contribution in [-0.2, 0) is 6.54 Å². The second kappa shape index (κ2) is 5.71. The average molecular weight is 286 g/mol. The maximum atomic E-state index is 5.69. The molecule has 3 aromatic rings. The molecule has 0 aliphatic rings. The van der Waals surface area contributed by atoms with E-state index in [0.717, 1.165) is 16.8 Å². The Hall–Kier alpha value is -2.40. The first-order valence-corrected chi connectivity index (χ1v) is 6.51. The molecule has 5 nitrogen and oxygen atoms in total. The van der Waals surface area contributed by atoms with Crippen LogP contribution in [0.4, 0.5) is 5.82 Å². The summed E-state index contributed by atoms with van der Waals surface area (Å²) in [6, 6.07) is 13.7. The van der Waals surface area contributed by atoms with Crippen LogP contribution in [0, 0.1) is 0 Å². The van der Waals surface area contributed by atoms with E-state index in [9.17, 15) is 0 Å². The molecule has 0 amide bonds. The Morgan fingerprint density at radius 2 is 1.85 bits per heavy atom. The molecule has 0 unspecified atom stereocenters. The second-order valence-electron chi connectivity index (χ2n) is 4.26. The standard InChI is InChI=1S/C14H12ClN5/c15-13-5-6-14(20-19-13)16-9-10-1-3-11(4-2-10)12-7-8-17-18-12/h1-8H,9H2,(H,16,20)(H,17,18). The summed E-state index contributed by atoms with van der Waals surface area (Å²) >= 11 is 5.69.